The average Bonchev–Trinajstić information content (AvgIpc) is 3.15. The highest BCUT2D eigenvalue weighted by atomic mass is 32.1. The van der Waals surface area contributed by atoms with E-state index >= 15 is 0 Å². The van der Waals surface area contributed by atoms with E-state index in [2.05, 4.69) is 4.98 Å². The van der Waals surface area contributed by atoms with Gasteiger partial charge in [0.15, 0.2) is 10.7 Å². The average molecular weight is 349 g/mol. The van der Waals surface area contributed by atoms with Crippen LogP contribution >= 0.6 is 11.3 Å². The Balaban J connectivity index is 1.82. The normalized spacial score (nSPS) is 17.0. The van der Waals surface area contributed by atoms with Crippen molar-refractivity contribution in [1.82, 2.24) is 14.5 Å². The summed E-state index contributed by atoms with van der Waals surface area (Å²) in [5.74, 6) is -1.37. The van der Waals surface area contributed by atoms with Crippen molar-refractivity contribution in [1.29, 1.82) is 0 Å². The third-order valence-corrected chi connectivity index (χ3v) is 5.30. The maximum Gasteiger partial charge on any atom is 0.335 e. The summed E-state index contributed by atoms with van der Waals surface area (Å²) < 4.78 is 1.94. The number of amides is 1. The Morgan fingerprint density at radius 2 is 1.96 bits per heavy atom. The molecule has 0 radical (unpaired) electrons. The zero-order valence-electron chi connectivity index (χ0n) is 13.5. The molecule has 128 valence electrons. The van der Waals surface area contributed by atoms with Crippen LogP contribution in [0.15, 0.2) is 17.6 Å². The molecule has 2 aromatic rings. The van der Waals surface area contributed by atoms with Crippen LogP contribution < -0.4 is 0 Å². The highest BCUT2D eigenvalue weighted by Crippen LogP contribution is 2.27. The molecule has 1 aliphatic heterocycles. The maximum absolute atomic E-state index is 12.8. The van der Waals surface area contributed by atoms with Crippen molar-refractivity contribution in [3.8, 4) is 5.13 Å². The van der Waals surface area contributed by atoms with Gasteiger partial charge in [-0.15, -0.1) is 11.3 Å². The number of hydrogen-bond acceptors (Lipinski definition) is 5. The molecule has 0 bridgehead atoms. The number of thiazole rings is 1. The maximum atomic E-state index is 12.8. The van der Waals surface area contributed by atoms with Gasteiger partial charge in [0, 0.05) is 48.9 Å². The molecule has 3 rings (SSSR count). The summed E-state index contributed by atoms with van der Waals surface area (Å²) in [7, 11) is 0. The van der Waals surface area contributed by atoms with Crippen molar-refractivity contribution in [3.05, 3.63) is 34.6 Å². The van der Waals surface area contributed by atoms with Gasteiger partial charge in [0.2, 0.25) is 0 Å². The molecule has 2 N–H and O–H groups in total. The van der Waals surface area contributed by atoms with E-state index in [4.69, 9.17) is 5.11 Å². The molecule has 7 nitrogen and oxygen atoms in total. The van der Waals surface area contributed by atoms with Crippen molar-refractivity contribution >= 4 is 23.2 Å². The number of hydrogen-bond donors (Lipinski definition) is 2. The first-order valence-corrected chi connectivity index (χ1v) is 8.55. The lowest BCUT2D eigenvalue weighted by atomic mass is 9.91. The van der Waals surface area contributed by atoms with E-state index in [0.717, 1.165) is 16.5 Å². The van der Waals surface area contributed by atoms with E-state index in [-0.39, 0.29) is 31.8 Å². The first-order valence-electron chi connectivity index (χ1n) is 7.67. The largest absolute Gasteiger partial charge is 0.479 e. The van der Waals surface area contributed by atoms with Crippen LogP contribution in [0.4, 0.5) is 0 Å². The standard InChI is InChI=1S/C16H19N3O4S/c1-10-9-12(11(2)19(10)15-17-5-8-24-15)13(20)18-6-3-16(23,4-7-18)14(21)22/h5,8-9,23H,3-4,6-7H2,1-2H3,(H,21,22). The lowest BCUT2D eigenvalue weighted by Gasteiger charge is -2.35. The second kappa shape index (κ2) is 6.03. The van der Waals surface area contributed by atoms with Crippen LogP contribution in [0, 0.1) is 13.8 Å². The van der Waals surface area contributed by atoms with Gasteiger partial charge in [0.25, 0.3) is 5.91 Å². The van der Waals surface area contributed by atoms with Crippen molar-refractivity contribution in [2.45, 2.75) is 32.3 Å². The number of carbonyl (C=O) groups is 2. The van der Waals surface area contributed by atoms with E-state index in [0.29, 0.717) is 5.56 Å². The van der Waals surface area contributed by atoms with Gasteiger partial charge in [-0.1, -0.05) is 0 Å². The molecular formula is C16H19N3O4S. The van der Waals surface area contributed by atoms with E-state index in [9.17, 15) is 14.7 Å². The minimum Gasteiger partial charge on any atom is -0.479 e. The highest BCUT2D eigenvalue weighted by Gasteiger charge is 2.40. The summed E-state index contributed by atoms with van der Waals surface area (Å²) in [6, 6.07) is 1.83. The van der Waals surface area contributed by atoms with E-state index in [1.54, 1.807) is 11.1 Å². The molecule has 0 aliphatic carbocycles. The molecule has 0 saturated carbocycles. The zero-order chi connectivity index (χ0) is 17.5. The van der Waals surface area contributed by atoms with Gasteiger partial charge in [-0.2, -0.15) is 0 Å². The van der Waals surface area contributed by atoms with Gasteiger partial charge in [0.1, 0.15) is 0 Å². The Labute approximate surface area is 143 Å². The summed E-state index contributed by atoms with van der Waals surface area (Å²) in [6.45, 7) is 4.24. The van der Waals surface area contributed by atoms with Crippen molar-refractivity contribution < 1.29 is 19.8 Å². The molecular weight excluding hydrogens is 330 g/mol. The first-order chi connectivity index (χ1) is 11.3. The summed E-state index contributed by atoms with van der Waals surface area (Å²) in [5, 5.41) is 21.8. The smallest absolute Gasteiger partial charge is 0.335 e. The summed E-state index contributed by atoms with van der Waals surface area (Å²) in [4.78, 5) is 29.8. The molecule has 8 heteroatoms. The molecule has 1 fully saturated rings. The number of carboxylic acids is 1. The number of piperidine rings is 1. The van der Waals surface area contributed by atoms with Crippen LogP contribution in [0.25, 0.3) is 5.13 Å². The molecule has 0 unspecified atom stereocenters. The Kier molecular flexibility index (Phi) is 4.18. The minimum atomic E-state index is -1.73. The van der Waals surface area contributed by atoms with E-state index in [1.807, 2.05) is 29.9 Å². The molecule has 0 spiro atoms. The second-order valence-electron chi connectivity index (χ2n) is 6.06. The van der Waals surface area contributed by atoms with Crippen LogP contribution in [0.2, 0.25) is 0 Å². The predicted octanol–water partition coefficient (Wildman–Crippen LogP) is 1.60. The lowest BCUT2D eigenvalue weighted by molar-refractivity contribution is -0.162. The summed E-state index contributed by atoms with van der Waals surface area (Å²) in [5.41, 5.74) is 0.592. The molecule has 1 aliphatic rings. The predicted molar refractivity (Wildman–Crippen MR) is 88.6 cm³/mol. The molecule has 1 saturated heterocycles. The van der Waals surface area contributed by atoms with E-state index in [1.165, 1.54) is 11.3 Å². The van der Waals surface area contributed by atoms with Crippen molar-refractivity contribution in [3.63, 3.8) is 0 Å². The van der Waals surface area contributed by atoms with E-state index < -0.39 is 11.6 Å². The van der Waals surface area contributed by atoms with Crippen LogP contribution in [-0.4, -0.2) is 55.2 Å². The molecule has 0 atom stereocenters. The minimum absolute atomic E-state index is 0.0410. The number of carboxylic acid groups (broad SMARTS) is 1. The highest BCUT2D eigenvalue weighted by molar-refractivity contribution is 7.12. The molecule has 1 amide bonds. The SMILES string of the molecule is Cc1cc(C(=O)N2CCC(O)(C(=O)O)CC2)c(C)n1-c1nccs1. The fourth-order valence-electron chi connectivity index (χ4n) is 3.06. The number of aliphatic hydroxyl groups is 1. The van der Waals surface area contributed by atoms with Crippen molar-refractivity contribution in [2.75, 3.05) is 13.1 Å². The number of nitrogens with zero attached hydrogens (tertiary/aromatic N) is 3. The van der Waals surface area contributed by atoms with Crippen molar-refractivity contribution in [2.24, 2.45) is 0 Å². The Bertz CT molecular complexity index is 774. The van der Waals surface area contributed by atoms with Crippen LogP contribution in [0.3, 0.4) is 0 Å². The zero-order valence-corrected chi connectivity index (χ0v) is 14.3. The number of likely N-dealkylation sites (tertiary alicyclic amines) is 1. The lowest BCUT2D eigenvalue weighted by Crippen LogP contribution is -2.50. The molecule has 3 heterocycles. The Morgan fingerprint density at radius 3 is 2.50 bits per heavy atom. The fraction of sp³-hybridized carbons (Fsp3) is 0.438. The summed E-state index contributed by atoms with van der Waals surface area (Å²) >= 11 is 1.50. The molecule has 24 heavy (non-hydrogen) atoms. The van der Waals surface area contributed by atoms with Crippen LogP contribution in [0.1, 0.15) is 34.6 Å². The molecule has 2 aromatic heterocycles. The second-order valence-corrected chi connectivity index (χ2v) is 6.94. The number of aliphatic carboxylic acids is 1. The Morgan fingerprint density at radius 1 is 1.29 bits per heavy atom. The number of aryl methyl sites for hydroxylation is 1. The number of rotatable bonds is 3. The first kappa shape index (κ1) is 16.7. The number of aromatic nitrogens is 2. The van der Waals surface area contributed by atoms with Gasteiger partial charge in [-0.05, 0) is 19.9 Å². The topological polar surface area (TPSA) is 95.7 Å². The van der Waals surface area contributed by atoms with Gasteiger partial charge in [-0.3, -0.25) is 9.36 Å². The monoisotopic (exact) mass is 349 g/mol. The number of carbonyl (C=O) groups excluding carboxylic acids is 1. The van der Waals surface area contributed by atoms with Gasteiger partial charge >= 0.3 is 5.97 Å². The third kappa shape index (κ3) is 2.71. The Hall–Kier alpha value is -2.19. The van der Waals surface area contributed by atoms with Crippen LogP contribution in [-0.2, 0) is 4.79 Å². The van der Waals surface area contributed by atoms with Gasteiger partial charge in [0.05, 0.1) is 5.56 Å². The quantitative estimate of drug-likeness (QED) is 0.877. The molecule has 0 aromatic carbocycles. The van der Waals surface area contributed by atoms with Gasteiger partial charge < -0.3 is 15.1 Å². The third-order valence-electron chi connectivity index (χ3n) is 4.55. The summed E-state index contributed by atoms with van der Waals surface area (Å²) in [6.07, 6.45) is 1.80. The van der Waals surface area contributed by atoms with Gasteiger partial charge in [-0.25, -0.2) is 9.78 Å². The fourth-order valence-corrected chi connectivity index (χ4v) is 3.82. The van der Waals surface area contributed by atoms with Crippen LogP contribution in [0.5, 0.6) is 0 Å².